The molecule has 2 N–H and O–H groups in total. The number of ether oxygens (including phenoxy) is 2. The summed E-state index contributed by atoms with van der Waals surface area (Å²) in [6, 6.07) is 3.27. The molecular weight excluding hydrogens is 298 g/mol. The van der Waals surface area contributed by atoms with E-state index in [9.17, 15) is 9.59 Å². The Balaban J connectivity index is 2.10. The molecule has 1 aromatic rings. The molecule has 1 atom stereocenters. The summed E-state index contributed by atoms with van der Waals surface area (Å²) < 4.78 is 10.5. The first kappa shape index (κ1) is 15.4. The van der Waals surface area contributed by atoms with Crippen LogP contribution in [0.4, 0.5) is 0 Å². The lowest BCUT2D eigenvalue weighted by Crippen LogP contribution is -2.35. The van der Waals surface area contributed by atoms with E-state index in [1.54, 1.807) is 12.1 Å². The van der Waals surface area contributed by atoms with Crippen LogP contribution in [0.5, 0.6) is 11.5 Å². The van der Waals surface area contributed by atoms with Crippen LogP contribution in [0.3, 0.4) is 0 Å². The van der Waals surface area contributed by atoms with Gasteiger partial charge in [0.15, 0.2) is 11.5 Å². The molecule has 1 aliphatic rings. The highest BCUT2D eigenvalue weighted by Gasteiger charge is 2.20. The van der Waals surface area contributed by atoms with Crippen molar-refractivity contribution in [2.45, 2.75) is 32.2 Å². The van der Waals surface area contributed by atoms with Crippen molar-refractivity contribution in [3.8, 4) is 11.5 Å². The molecule has 114 valence electrons. The number of aliphatic carboxylic acids is 1. The van der Waals surface area contributed by atoms with Gasteiger partial charge in [-0.25, -0.2) is 0 Å². The molecule has 0 fully saturated rings. The average Bonchev–Trinajstić information content (AvgIpc) is 2.84. The van der Waals surface area contributed by atoms with E-state index >= 15 is 0 Å². The zero-order chi connectivity index (χ0) is 15.4. The van der Waals surface area contributed by atoms with Gasteiger partial charge in [-0.15, -0.1) is 0 Å². The van der Waals surface area contributed by atoms with Crippen molar-refractivity contribution < 1.29 is 24.2 Å². The number of carbonyl (C=O) groups is 2. The predicted molar refractivity (Wildman–Crippen MR) is 75.8 cm³/mol. The number of hydrogen-bond donors (Lipinski definition) is 2. The molecule has 1 heterocycles. The minimum absolute atomic E-state index is 0.0107. The summed E-state index contributed by atoms with van der Waals surface area (Å²) >= 11 is 6.11. The molecule has 1 aliphatic heterocycles. The number of carboxylic acid groups (broad SMARTS) is 1. The molecule has 0 bridgehead atoms. The van der Waals surface area contributed by atoms with E-state index in [0.29, 0.717) is 29.4 Å². The predicted octanol–water partition coefficient (Wildman–Crippen LogP) is 1.98. The van der Waals surface area contributed by atoms with E-state index in [2.05, 4.69) is 5.32 Å². The SMILES string of the molecule is CC(=O)NC(CCC(=O)O)Cc1cc(Cl)c2c(c1)OCO2. The quantitative estimate of drug-likeness (QED) is 0.839. The zero-order valence-corrected chi connectivity index (χ0v) is 12.3. The van der Waals surface area contributed by atoms with Gasteiger partial charge >= 0.3 is 5.97 Å². The van der Waals surface area contributed by atoms with Crippen molar-refractivity contribution in [2.24, 2.45) is 0 Å². The lowest BCUT2D eigenvalue weighted by molar-refractivity contribution is -0.137. The van der Waals surface area contributed by atoms with Gasteiger partial charge in [-0.05, 0) is 30.5 Å². The zero-order valence-electron chi connectivity index (χ0n) is 11.5. The molecule has 0 radical (unpaired) electrons. The fourth-order valence-electron chi connectivity index (χ4n) is 2.23. The maximum absolute atomic E-state index is 11.2. The van der Waals surface area contributed by atoms with Crippen molar-refractivity contribution in [2.75, 3.05) is 6.79 Å². The Kier molecular flexibility index (Phi) is 4.90. The van der Waals surface area contributed by atoms with Crippen molar-refractivity contribution in [3.05, 3.63) is 22.7 Å². The molecule has 0 spiro atoms. The van der Waals surface area contributed by atoms with Crippen LogP contribution in [-0.4, -0.2) is 29.8 Å². The van der Waals surface area contributed by atoms with Crippen molar-refractivity contribution >= 4 is 23.5 Å². The number of carbonyl (C=O) groups excluding carboxylic acids is 1. The van der Waals surface area contributed by atoms with Crippen LogP contribution in [0, 0.1) is 0 Å². The monoisotopic (exact) mass is 313 g/mol. The largest absolute Gasteiger partial charge is 0.481 e. The molecule has 0 aromatic heterocycles. The summed E-state index contributed by atoms with van der Waals surface area (Å²) in [7, 11) is 0. The molecule has 1 aromatic carbocycles. The van der Waals surface area contributed by atoms with Crippen molar-refractivity contribution in [1.29, 1.82) is 0 Å². The molecular formula is C14H16ClNO5. The highest BCUT2D eigenvalue weighted by atomic mass is 35.5. The average molecular weight is 314 g/mol. The smallest absolute Gasteiger partial charge is 0.303 e. The number of halogens is 1. The Morgan fingerprint density at radius 2 is 2.19 bits per heavy atom. The molecule has 1 unspecified atom stereocenters. The minimum atomic E-state index is -0.894. The summed E-state index contributed by atoms with van der Waals surface area (Å²) in [6.07, 6.45) is 0.813. The highest BCUT2D eigenvalue weighted by Crippen LogP contribution is 2.40. The van der Waals surface area contributed by atoms with Crippen LogP contribution < -0.4 is 14.8 Å². The van der Waals surface area contributed by atoms with Crippen molar-refractivity contribution in [1.82, 2.24) is 5.32 Å². The van der Waals surface area contributed by atoms with Crippen LogP contribution in [0.25, 0.3) is 0 Å². The van der Waals surface area contributed by atoms with E-state index in [0.717, 1.165) is 5.56 Å². The van der Waals surface area contributed by atoms with Crippen LogP contribution in [-0.2, 0) is 16.0 Å². The first-order valence-electron chi connectivity index (χ1n) is 6.52. The molecule has 1 amide bonds. The second-order valence-electron chi connectivity index (χ2n) is 4.85. The maximum atomic E-state index is 11.2. The molecule has 0 saturated heterocycles. The number of fused-ring (bicyclic) bond motifs is 1. The number of rotatable bonds is 6. The first-order valence-corrected chi connectivity index (χ1v) is 6.90. The first-order chi connectivity index (χ1) is 9.95. The second-order valence-corrected chi connectivity index (χ2v) is 5.25. The fraction of sp³-hybridized carbons (Fsp3) is 0.429. The van der Waals surface area contributed by atoms with Gasteiger partial charge in [0.25, 0.3) is 0 Å². The summed E-state index contributed by atoms with van der Waals surface area (Å²) in [6.45, 7) is 1.53. The highest BCUT2D eigenvalue weighted by molar-refractivity contribution is 6.32. The Bertz CT molecular complexity index is 561. The van der Waals surface area contributed by atoms with Gasteiger partial charge < -0.3 is 19.9 Å². The minimum Gasteiger partial charge on any atom is -0.481 e. The third-order valence-electron chi connectivity index (χ3n) is 3.08. The van der Waals surface area contributed by atoms with Crippen molar-refractivity contribution in [3.63, 3.8) is 0 Å². The maximum Gasteiger partial charge on any atom is 0.303 e. The van der Waals surface area contributed by atoms with Crippen LogP contribution in [0.1, 0.15) is 25.3 Å². The molecule has 7 heteroatoms. The van der Waals surface area contributed by atoms with Gasteiger partial charge in [0.1, 0.15) is 0 Å². The number of nitrogens with one attached hydrogen (secondary N) is 1. The Morgan fingerprint density at radius 3 is 2.86 bits per heavy atom. The lowest BCUT2D eigenvalue weighted by Gasteiger charge is -2.17. The van der Waals surface area contributed by atoms with E-state index in [-0.39, 0.29) is 25.2 Å². The van der Waals surface area contributed by atoms with Gasteiger partial charge in [0.05, 0.1) is 5.02 Å². The van der Waals surface area contributed by atoms with Crippen LogP contribution >= 0.6 is 11.6 Å². The van der Waals surface area contributed by atoms with Gasteiger partial charge in [0.2, 0.25) is 12.7 Å². The van der Waals surface area contributed by atoms with Crippen LogP contribution in [0.2, 0.25) is 5.02 Å². The summed E-state index contributed by atoms with van der Waals surface area (Å²) in [4.78, 5) is 21.9. The number of carboxylic acids is 1. The Labute approximate surface area is 127 Å². The standard InChI is InChI=1S/C14H16ClNO5/c1-8(17)16-10(2-3-13(18)19)4-9-5-11(15)14-12(6-9)20-7-21-14/h5-6,10H,2-4,7H2,1H3,(H,16,17)(H,18,19). The van der Waals surface area contributed by atoms with E-state index in [1.165, 1.54) is 6.92 Å². The summed E-state index contributed by atoms with van der Waals surface area (Å²) in [5.74, 6) is -0.00867. The van der Waals surface area contributed by atoms with Gasteiger partial charge in [-0.1, -0.05) is 11.6 Å². The normalized spacial score (nSPS) is 13.8. The topological polar surface area (TPSA) is 84.9 Å². The molecule has 0 aliphatic carbocycles. The van der Waals surface area contributed by atoms with E-state index < -0.39 is 5.97 Å². The molecule has 2 rings (SSSR count). The van der Waals surface area contributed by atoms with Gasteiger partial charge in [0, 0.05) is 19.4 Å². The Hall–Kier alpha value is -1.95. The molecule has 6 nitrogen and oxygen atoms in total. The van der Waals surface area contributed by atoms with E-state index in [4.69, 9.17) is 26.2 Å². The van der Waals surface area contributed by atoms with Crippen LogP contribution in [0.15, 0.2) is 12.1 Å². The third kappa shape index (κ3) is 4.26. The Morgan fingerprint density at radius 1 is 1.43 bits per heavy atom. The van der Waals surface area contributed by atoms with Gasteiger partial charge in [-0.2, -0.15) is 0 Å². The third-order valence-corrected chi connectivity index (χ3v) is 3.36. The van der Waals surface area contributed by atoms with Gasteiger partial charge in [-0.3, -0.25) is 9.59 Å². The second kappa shape index (κ2) is 6.67. The fourth-order valence-corrected chi connectivity index (χ4v) is 2.52. The van der Waals surface area contributed by atoms with E-state index in [1.807, 2.05) is 0 Å². The molecule has 0 saturated carbocycles. The molecule has 21 heavy (non-hydrogen) atoms. The summed E-state index contributed by atoms with van der Waals surface area (Å²) in [5.41, 5.74) is 0.855. The number of hydrogen-bond acceptors (Lipinski definition) is 4. The lowest BCUT2D eigenvalue weighted by atomic mass is 10.0. The number of benzene rings is 1. The summed E-state index contributed by atoms with van der Waals surface area (Å²) in [5, 5.41) is 12.0. The number of amides is 1.